The Kier molecular flexibility index (Phi) is 5.98. The summed E-state index contributed by atoms with van der Waals surface area (Å²) in [5.74, 6) is -0.440. The van der Waals surface area contributed by atoms with E-state index >= 15 is 0 Å². The molecule has 166 valence electrons. The van der Waals surface area contributed by atoms with Gasteiger partial charge in [-0.1, -0.05) is 35.9 Å². The van der Waals surface area contributed by atoms with Gasteiger partial charge in [0, 0.05) is 28.3 Å². The van der Waals surface area contributed by atoms with Crippen LogP contribution in [-0.4, -0.2) is 32.1 Å². The topological polar surface area (TPSA) is 73.9 Å². The lowest BCUT2D eigenvalue weighted by Gasteiger charge is -2.29. The van der Waals surface area contributed by atoms with E-state index in [-0.39, 0.29) is 12.4 Å². The fraction of sp³-hybridized carbons (Fsp3) is 0.280. The van der Waals surface area contributed by atoms with Gasteiger partial charge in [-0.25, -0.2) is 4.79 Å². The predicted molar refractivity (Wildman–Crippen MR) is 122 cm³/mol. The van der Waals surface area contributed by atoms with Gasteiger partial charge in [-0.05, 0) is 38.5 Å². The van der Waals surface area contributed by atoms with Gasteiger partial charge in [0.1, 0.15) is 0 Å². The standard InChI is InChI=1S/C25H24ClNO5/c1-5-31-18-12-14(11-17(26)24(18)30-4)20-19(25(29)32-6-2)13(3)27-22-15-9-7-8-10-16(15)23(28)21(20)22/h7-12,20,27H,5-6H2,1-4H3/t20-/m0/s1. The number of esters is 1. The average molecular weight is 454 g/mol. The maximum Gasteiger partial charge on any atom is 0.336 e. The summed E-state index contributed by atoms with van der Waals surface area (Å²) in [5.41, 5.74) is 4.24. The number of ether oxygens (including phenoxy) is 3. The summed E-state index contributed by atoms with van der Waals surface area (Å²) in [7, 11) is 1.51. The van der Waals surface area contributed by atoms with Crippen LogP contribution >= 0.6 is 11.6 Å². The largest absolute Gasteiger partial charge is 0.491 e. The third-order valence-corrected chi connectivity index (χ3v) is 5.89. The van der Waals surface area contributed by atoms with Gasteiger partial charge in [-0.3, -0.25) is 4.79 Å². The molecule has 1 aliphatic carbocycles. The van der Waals surface area contributed by atoms with Crippen LogP contribution in [0.3, 0.4) is 0 Å². The summed E-state index contributed by atoms with van der Waals surface area (Å²) in [5, 5.41) is 3.61. The minimum atomic E-state index is -0.673. The molecule has 0 saturated heterocycles. The molecule has 2 aromatic rings. The van der Waals surface area contributed by atoms with E-state index in [9.17, 15) is 9.59 Å². The highest BCUT2D eigenvalue weighted by Gasteiger charge is 2.43. The van der Waals surface area contributed by atoms with Crippen LogP contribution in [-0.2, 0) is 9.53 Å². The van der Waals surface area contributed by atoms with Gasteiger partial charge < -0.3 is 19.5 Å². The van der Waals surface area contributed by atoms with E-state index in [0.717, 1.165) is 5.56 Å². The summed E-state index contributed by atoms with van der Waals surface area (Å²) in [4.78, 5) is 26.5. The van der Waals surface area contributed by atoms with Crippen LogP contribution in [0.5, 0.6) is 11.5 Å². The quantitative estimate of drug-likeness (QED) is 0.628. The van der Waals surface area contributed by atoms with E-state index in [4.69, 9.17) is 25.8 Å². The van der Waals surface area contributed by atoms with E-state index in [0.29, 0.717) is 56.8 Å². The molecule has 0 aromatic heterocycles. The van der Waals surface area contributed by atoms with Crippen LogP contribution < -0.4 is 14.8 Å². The molecule has 32 heavy (non-hydrogen) atoms. The molecule has 0 bridgehead atoms. The third-order valence-electron chi connectivity index (χ3n) is 5.61. The second-order valence-electron chi connectivity index (χ2n) is 7.45. The van der Waals surface area contributed by atoms with Crippen LogP contribution in [0, 0.1) is 0 Å². The first-order valence-electron chi connectivity index (χ1n) is 10.5. The maximum absolute atomic E-state index is 13.5. The van der Waals surface area contributed by atoms with E-state index in [1.807, 2.05) is 32.0 Å². The Morgan fingerprint density at radius 2 is 1.84 bits per heavy atom. The molecule has 1 atom stereocenters. The van der Waals surface area contributed by atoms with Gasteiger partial charge in [-0.2, -0.15) is 0 Å². The number of fused-ring (bicyclic) bond motifs is 2. The molecule has 0 radical (unpaired) electrons. The smallest absolute Gasteiger partial charge is 0.336 e. The minimum Gasteiger partial charge on any atom is -0.491 e. The molecule has 6 nitrogen and oxygen atoms in total. The van der Waals surface area contributed by atoms with Gasteiger partial charge in [0.15, 0.2) is 17.3 Å². The van der Waals surface area contributed by atoms with Gasteiger partial charge in [0.05, 0.1) is 36.6 Å². The molecule has 7 heteroatoms. The van der Waals surface area contributed by atoms with Crippen LogP contribution in [0.25, 0.3) is 5.70 Å². The maximum atomic E-state index is 13.5. The normalized spacial score (nSPS) is 17.0. The average Bonchev–Trinajstić information content (AvgIpc) is 3.05. The molecule has 0 spiro atoms. The van der Waals surface area contributed by atoms with Gasteiger partial charge >= 0.3 is 5.97 Å². The van der Waals surface area contributed by atoms with Crippen molar-refractivity contribution in [3.8, 4) is 11.5 Å². The number of ketones is 1. The molecule has 0 unspecified atom stereocenters. The number of carbonyl (C=O) groups is 2. The summed E-state index contributed by atoms with van der Waals surface area (Å²) in [6.07, 6.45) is 0. The summed E-state index contributed by atoms with van der Waals surface area (Å²) in [6.45, 7) is 6.04. The Morgan fingerprint density at radius 1 is 1.12 bits per heavy atom. The lowest BCUT2D eigenvalue weighted by molar-refractivity contribution is -0.138. The number of methoxy groups -OCH3 is 1. The summed E-state index contributed by atoms with van der Waals surface area (Å²) in [6, 6.07) is 10.9. The number of benzene rings is 2. The Balaban J connectivity index is 1.96. The van der Waals surface area contributed by atoms with Crippen molar-refractivity contribution in [3.05, 3.63) is 75.0 Å². The fourth-order valence-corrected chi connectivity index (χ4v) is 4.65. The third kappa shape index (κ3) is 3.45. The summed E-state index contributed by atoms with van der Waals surface area (Å²) >= 11 is 6.53. The SMILES string of the molecule is CCOC(=O)C1=C(C)NC2=C(C(=O)c3ccccc32)[C@H]1c1cc(Cl)c(OC)c(OCC)c1. The lowest BCUT2D eigenvalue weighted by atomic mass is 9.79. The van der Waals surface area contributed by atoms with Crippen molar-refractivity contribution in [2.75, 3.05) is 20.3 Å². The van der Waals surface area contributed by atoms with Crippen LogP contribution in [0.2, 0.25) is 5.02 Å². The molecular weight excluding hydrogens is 430 g/mol. The monoisotopic (exact) mass is 453 g/mol. The number of hydrogen-bond donors (Lipinski definition) is 1. The van der Waals surface area contributed by atoms with Crippen molar-refractivity contribution < 1.29 is 23.8 Å². The molecular formula is C25H24ClNO5. The first-order chi connectivity index (χ1) is 15.4. The van der Waals surface area contributed by atoms with Crippen LogP contribution in [0.4, 0.5) is 0 Å². The first-order valence-corrected chi connectivity index (χ1v) is 10.8. The van der Waals surface area contributed by atoms with Crippen molar-refractivity contribution >= 4 is 29.1 Å². The Labute approximate surface area is 191 Å². The van der Waals surface area contributed by atoms with Crippen LogP contribution in [0.1, 0.15) is 48.2 Å². The number of Topliss-reactive ketones (excluding diaryl/α,β-unsaturated/α-hetero) is 1. The number of dihydropyridines is 1. The molecule has 0 saturated carbocycles. The molecule has 1 aliphatic heterocycles. The highest BCUT2D eigenvalue weighted by atomic mass is 35.5. The molecule has 1 N–H and O–H groups in total. The number of nitrogens with one attached hydrogen (secondary N) is 1. The van der Waals surface area contributed by atoms with E-state index in [2.05, 4.69) is 5.32 Å². The van der Waals surface area contributed by atoms with E-state index in [1.54, 1.807) is 25.1 Å². The second-order valence-corrected chi connectivity index (χ2v) is 7.85. The number of carbonyl (C=O) groups excluding carboxylic acids is 2. The Morgan fingerprint density at radius 3 is 2.50 bits per heavy atom. The van der Waals surface area contributed by atoms with Crippen molar-refractivity contribution in [2.45, 2.75) is 26.7 Å². The van der Waals surface area contributed by atoms with E-state index < -0.39 is 11.9 Å². The predicted octanol–water partition coefficient (Wildman–Crippen LogP) is 4.88. The summed E-state index contributed by atoms with van der Waals surface area (Å²) < 4.78 is 16.5. The second kappa shape index (κ2) is 8.71. The number of halogens is 1. The van der Waals surface area contributed by atoms with Crippen molar-refractivity contribution in [1.82, 2.24) is 5.32 Å². The number of allylic oxidation sites excluding steroid dienone is 2. The Bertz CT molecular complexity index is 1180. The van der Waals surface area contributed by atoms with Gasteiger partial charge in [0.25, 0.3) is 0 Å². The zero-order valence-electron chi connectivity index (χ0n) is 18.4. The molecule has 4 rings (SSSR count). The molecule has 0 fully saturated rings. The van der Waals surface area contributed by atoms with Crippen LogP contribution in [0.15, 0.2) is 53.2 Å². The van der Waals surface area contributed by atoms with Crippen molar-refractivity contribution in [1.29, 1.82) is 0 Å². The number of hydrogen-bond acceptors (Lipinski definition) is 6. The van der Waals surface area contributed by atoms with Gasteiger partial charge in [0.2, 0.25) is 0 Å². The minimum absolute atomic E-state index is 0.132. The lowest BCUT2D eigenvalue weighted by Crippen LogP contribution is -2.29. The highest BCUT2D eigenvalue weighted by Crippen LogP contribution is 2.49. The zero-order valence-corrected chi connectivity index (χ0v) is 19.1. The molecule has 2 aromatic carbocycles. The molecule has 1 heterocycles. The van der Waals surface area contributed by atoms with Crippen molar-refractivity contribution in [3.63, 3.8) is 0 Å². The Hall–Kier alpha value is -3.25. The molecule has 2 aliphatic rings. The molecule has 0 amide bonds. The van der Waals surface area contributed by atoms with Gasteiger partial charge in [-0.15, -0.1) is 0 Å². The van der Waals surface area contributed by atoms with Crippen molar-refractivity contribution in [2.24, 2.45) is 0 Å². The zero-order chi connectivity index (χ0) is 23.0. The fourth-order valence-electron chi connectivity index (χ4n) is 4.36. The first kappa shape index (κ1) is 22.0. The highest BCUT2D eigenvalue weighted by molar-refractivity contribution is 6.32. The van der Waals surface area contributed by atoms with E-state index in [1.165, 1.54) is 7.11 Å². The number of rotatable bonds is 6.